The fourth-order valence-corrected chi connectivity index (χ4v) is 1.67. The molecule has 1 N–H and O–H groups in total. The Kier molecular flexibility index (Phi) is 3.75. The van der Waals surface area contributed by atoms with Crippen molar-refractivity contribution in [2.75, 3.05) is 12.4 Å². The maximum Gasteiger partial charge on any atom is 0.338 e. The van der Waals surface area contributed by atoms with Gasteiger partial charge in [0.1, 0.15) is 0 Å². The molecule has 1 aromatic carbocycles. The van der Waals surface area contributed by atoms with E-state index in [0.29, 0.717) is 11.5 Å². The third kappa shape index (κ3) is 3.07. The fraction of sp³-hybridized carbons (Fsp3) is 0.214. The molecular formula is C14H15N3O2. The third-order valence-electron chi connectivity index (χ3n) is 2.69. The maximum atomic E-state index is 11.6. The zero-order chi connectivity index (χ0) is 13.8. The van der Waals surface area contributed by atoms with Gasteiger partial charge in [-0.15, -0.1) is 0 Å². The van der Waals surface area contributed by atoms with Crippen LogP contribution in [0.2, 0.25) is 0 Å². The van der Waals surface area contributed by atoms with Gasteiger partial charge in [0.25, 0.3) is 0 Å². The lowest BCUT2D eigenvalue weighted by atomic mass is 10.1. The summed E-state index contributed by atoms with van der Waals surface area (Å²) in [5, 5.41) is 3.06. The van der Waals surface area contributed by atoms with Gasteiger partial charge in [-0.1, -0.05) is 6.07 Å². The molecule has 1 heterocycles. The zero-order valence-electron chi connectivity index (χ0n) is 11.1. The number of nitrogens with zero attached hydrogens (tertiary/aromatic N) is 2. The molecule has 5 heteroatoms. The Hall–Kier alpha value is -2.43. The van der Waals surface area contributed by atoms with Gasteiger partial charge in [0.2, 0.25) is 5.95 Å². The molecule has 2 aromatic rings. The normalized spacial score (nSPS) is 10.1. The maximum absolute atomic E-state index is 11.6. The number of aryl methyl sites for hydroxylation is 2. The molecule has 5 nitrogen and oxygen atoms in total. The number of aromatic nitrogens is 2. The summed E-state index contributed by atoms with van der Waals surface area (Å²) in [6, 6.07) is 7.27. The molecule has 0 aliphatic rings. The molecule has 0 atom stereocenters. The second-order valence-corrected chi connectivity index (χ2v) is 4.17. The number of benzene rings is 1. The molecular weight excluding hydrogens is 242 g/mol. The van der Waals surface area contributed by atoms with Crippen LogP contribution in [0.1, 0.15) is 21.6 Å². The van der Waals surface area contributed by atoms with E-state index < -0.39 is 0 Å². The minimum absolute atomic E-state index is 0.355. The van der Waals surface area contributed by atoms with Crippen LogP contribution in [0.3, 0.4) is 0 Å². The molecule has 98 valence electrons. The molecule has 0 saturated carbocycles. The summed E-state index contributed by atoms with van der Waals surface area (Å²) in [7, 11) is 1.37. The molecule has 19 heavy (non-hydrogen) atoms. The first-order chi connectivity index (χ1) is 9.10. The van der Waals surface area contributed by atoms with Crippen molar-refractivity contribution in [3.63, 3.8) is 0 Å². The Morgan fingerprint density at radius 3 is 2.74 bits per heavy atom. The minimum Gasteiger partial charge on any atom is -0.465 e. The summed E-state index contributed by atoms with van der Waals surface area (Å²) in [4.78, 5) is 20.0. The van der Waals surface area contributed by atoms with E-state index in [1.54, 1.807) is 12.3 Å². The van der Waals surface area contributed by atoms with Crippen molar-refractivity contribution < 1.29 is 9.53 Å². The molecule has 0 aliphatic heterocycles. The summed E-state index contributed by atoms with van der Waals surface area (Å²) >= 11 is 0. The van der Waals surface area contributed by atoms with Gasteiger partial charge in [0.15, 0.2) is 0 Å². The molecule has 0 unspecified atom stereocenters. The number of nitrogens with one attached hydrogen (secondary N) is 1. The topological polar surface area (TPSA) is 64.1 Å². The van der Waals surface area contributed by atoms with E-state index in [1.165, 1.54) is 7.11 Å². The zero-order valence-corrected chi connectivity index (χ0v) is 11.1. The number of anilines is 2. The van der Waals surface area contributed by atoms with Crippen LogP contribution in [0.15, 0.2) is 30.5 Å². The molecule has 0 amide bonds. The Morgan fingerprint density at radius 2 is 2.05 bits per heavy atom. The number of methoxy groups -OCH3 is 1. The van der Waals surface area contributed by atoms with Crippen LogP contribution in [-0.4, -0.2) is 23.0 Å². The predicted octanol–water partition coefficient (Wildman–Crippen LogP) is 2.62. The Bertz CT molecular complexity index is 611. The number of hydrogen-bond donors (Lipinski definition) is 1. The third-order valence-corrected chi connectivity index (χ3v) is 2.69. The van der Waals surface area contributed by atoms with Gasteiger partial charge in [0, 0.05) is 17.6 Å². The first-order valence-electron chi connectivity index (χ1n) is 5.86. The van der Waals surface area contributed by atoms with Crippen LogP contribution in [0, 0.1) is 13.8 Å². The molecule has 0 fully saturated rings. The second kappa shape index (κ2) is 5.48. The highest BCUT2D eigenvalue weighted by Gasteiger charge is 2.10. The highest BCUT2D eigenvalue weighted by atomic mass is 16.5. The fourth-order valence-electron chi connectivity index (χ4n) is 1.67. The molecule has 0 spiro atoms. The van der Waals surface area contributed by atoms with Gasteiger partial charge in [0.05, 0.1) is 12.7 Å². The van der Waals surface area contributed by atoms with Crippen molar-refractivity contribution in [2.24, 2.45) is 0 Å². The lowest BCUT2D eigenvalue weighted by molar-refractivity contribution is 0.0600. The summed E-state index contributed by atoms with van der Waals surface area (Å²) in [5.74, 6) is 0.144. The number of carbonyl (C=O) groups excluding carboxylic acids is 1. The van der Waals surface area contributed by atoms with Gasteiger partial charge in [-0.3, -0.25) is 0 Å². The quantitative estimate of drug-likeness (QED) is 0.856. The largest absolute Gasteiger partial charge is 0.465 e. The first kappa shape index (κ1) is 13.0. The summed E-state index contributed by atoms with van der Waals surface area (Å²) < 4.78 is 4.74. The van der Waals surface area contributed by atoms with E-state index >= 15 is 0 Å². The highest BCUT2D eigenvalue weighted by Crippen LogP contribution is 2.18. The van der Waals surface area contributed by atoms with Gasteiger partial charge in [-0.2, -0.15) is 0 Å². The lowest BCUT2D eigenvalue weighted by Crippen LogP contribution is -2.05. The van der Waals surface area contributed by atoms with E-state index in [1.807, 2.05) is 32.0 Å². The average molecular weight is 257 g/mol. The van der Waals surface area contributed by atoms with Crippen LogP contribution in [0.4, 0.5) is 11.6 Å². The van der Waals surface area contributed by atoms with E-state index in [2.05, 4.69) is 15.3 Å². The minimum atomic E-state index is -0.355. The summed E-state index contributed by atoms with van der Waals surface area (Å²) in [5.41, 5.74) is 3.01. The second-order valence-electron chi connectivity index (χ2n) is 4.17. The first-order valence-corrected chi connectivity index (χ1v) is 5.86. The highest BCUT2D eigenvalue weighted by molar-refractivity contribution is 5.92. The Labute approximate surface area is 111 Å². The van der Waals surface area contributed by atoms with Crippen molar-refractivity contribution in [3.05, 3.63) is 47.3 Å². The molecule has 2 rings (SSSR count). The van der Waals surface area contributed by atoms with E-state index in [9.17, 15) is 4.79 Å². The predicted molar refractivity (Wildman–Crippen MR) is 72.6 cm³/mol. The van der Waals surface area contributed by atoms with Crippen molar-refractivity contribution >= 4 is 17.6 Å². The van der Waals surface area contributed by atoms with Crippen molar-refractivity contribution in [1.82, 2.24) is 9.97 Å². The Balaban J connectivity index is 2.29. The van der Waals surface area contributed by atoms with Gasteiger partial charge >= 0.3 is 5.97 Å². The van der Waals surface area contributed by atoms with Crippen LogP contribution < -0.4 is 5.32 Å². The molecule has 0 aliphatic carbocycles. The average Bonchev–Trinajstić information content (AvgIpc) is 2.40. The molecule has 0 radical (unpaired) electrons. The van der Waals surface area contributed by atoms with Crippen LogP contribution >= 0.6 is 0 Å². The number of hydrogen-bond acceptors (Lipinski definition) is 5. The standard InChI is InChI=1S/C14H15N3O2/c1-9-4-5-11(8-12(9)13(18)19-3)17-14-15-7-6-10(2)16-14/h4-8H,1-3H3,(H,15,16,17). The number of ether oxygens (including phenoxy) is 1. The lowest BCUT2D eigenvalue weighted by Gasteiger charge is -2.08. The van der Waals surface area contributed by atoms with Crippen molar-refractivity contribution in [1.29, 1.82) is 0 Å². The van der Waals surface area contributed by atoms with Crippen LogP contribution in [0.25, 0.3) is 0 Å². The number of esters is 1. The summed E-state index contributed by atoms with van der Waals surface area (Å²) in [6.07, 6.45) is 1.68. The SMILES string of the molecule is COC(=O)c1cc(Nc2nccc(C)n2)ccc1C. The number of carbonyl (C=O) groups is 1. The Morgan fingerprint density at radius 1 is 1.26 bits per heavy atom. The number of rotatable bonds is 3. The molecule has 0 saturated heterocycles. The van der Waals surface area contributed by atoms with E-state index in [0.717, 1.165) is 16.9 Å². The molecule has 0 bridgehead atoms. The van der Waals surface area contributed by atoms with Crippen LogP contribution in [0.5, 0.6) is 0 Å². The van der Waals surface area contributed by atoms with Gasteiger partial charge in [-0.05, 0) is 37.6 Å². The van der Waals surface area contributed by atoms with E-state index in [4.69, 9.17) is 4.74 Å². The van der Waals surface area contributed by atoms with Gasteiger partial charge in [-0.25, -0.2) is 14.8 Å². The van der Waals surface area contributed by atoms with Crippen LogP contribution in [-0.2, 0) is 4.74 Å². The van der Waals surface area contributed by atoms with Crippen molar-refractivity contribution in [2.45, 2.75) is 13.8 Å². The van der Waals surface area contributed by atoms with E-state index in [-0.39, 0.29) is 5.97 Å². The van der Waals surface area contributed by atoms with Gasteiger partial charge < -0.3 is 10.1 Å². The molecule has 1 aromatic heterocycles. The smallest absolute Gasteiger partial charge is 0.338 e. The summed E-state index contributed by atoms with van der Waals surface area (Å²) in [6.45, 7) is 3.75. The van der Waals surface area contributed by atoms with Crippen molar-refractivity contribution in [3.8, 4) is 0 Å². The monoisotopic (exact) mass is 257 g/mol.